The minimum absolute atomic E-state index is 0.0937. The Bertz CT molecular complexity index is 1040. The molecule has 3 aromatic carbocycles. The third-order valence-corrected chi connectivity index (χ3v) is 4.30. The fourth-order valence-corrected chi connectivity index (χ4v) is 2.84. The Morgan fingerprint density at radius 2 is 1.87 bits per heavy atom. The Balaban J connectivity index is 1.65. The lowest BCUT2D eigenvalue weighted by atomic mass is 10.2. The highest BCUT2D eigenvalue weighted by atomic mass is 35.5. The van der Waals surface area contributed by atoms with Crippen molar-refractivity contribution in [2.45, 2.75) is 13.5 Å². The Hall–Kier alpha value is -3.51. The number of carbonyl (C=O) groups is 1. The Kier molecular flexibility index (Phi) is 7.29. The minimum atomic E-state index is -0.377. The summed E-state index contributed by atoms with van der Waals surface area (Å²) in [6.45, 7) is 2.72. The van der Waals surface area contributed by atoms with E-state index in [0.29, 0.717) is 35.3 Å². The van der Waals surface area contributed by atoms with E-state index in [-0.39, 0.29) is 11.7 Å². The van der Waals surface area contributed by atoms with Crippen LogP contribution < -0.4 is 14.9 Å². The van der Waals surface area contributed by atoms with Crippen molar-refractivity contribution in [2.24, 2.45) is 5.10 Å². The summed E-state index contributed by atoms with van der Waals surface area (Å²) in [7, 11) is 0. The van der Waals surface area contributed by atoms with Crippen LogP contribution in [0.1, 0.15) is 28.4 Å². The third-order valence-electron chi connectivity index (χ3n) is 4.06. The number of nitrogens with one attached hydrogen (secondary N) is 1. The lowest BCUT2D eigenvalue weighted by Crippen LogP contribution is -2.17. The molecule has 0 spiro atoms. The maximum atomic E-state index is 12.1. The largest absolute Gasteiger partial charge is 0.508 e. The number of aromatic hydroxyl groups is 1. The molecule has 154 valence electrons. The normalized spacial score (nSPS) is 10.7. The second kappa shape index (κ2) is 10.3. The van der Waals surface area contributed by atoms with Gasteiger partial charge >= 0.3 is 0 Å². The van der Waals surface area contributed by atoms with Crippen molar-refractivity contribution in [2.75, 3.05) is 6.61 Å². The zero-order valence-corrected chi connectivity index (χ0v) is 17.1. The topological polar surface area (TPSA) is 80.2 Å². The first kappa shape index (κ1) is 21.2. The van der Waals surface area contributed by atoms with Crippen molar-refractivity contribution < 1.29 is 19.4 Å². The predicted molar refractivity (Wildman–Crippen MR) is 117 cm³/mol. The van der Waals surface area contributed by atoms with Gasteiger partial charge in [-0.15, -0.1) is 0 Å². The summed E-state index contributed by atoms with van der Waals surface area (Å²) in [6, 6.07) is 18.8. The molecule has 0 saturated carbocycles. The number of nitrogens with zero attached hydrogens (tertiary/aromatic N) is 1. The highest BCUT2D eigenvalue weighted by Crippen LogP contribution is 2.29. The highest BCUT2D eigenvalue weighted by Gasteiger charge is 2.07. The molecule has 3 aromatic rings. The van der Waals surface area contributed by atoms with Gasteiger partial charge in [-0.25, -0.2) is 5.43 Å². The molecule has 0 radical (unpaired) electrons. The van der Waals surface area contributed by atoms with Crippen LogP contribution in [0.25, 0.3) is 0 Å². The molecule has 30 heavy (non-hydrogen) atoms. The van der Waals surface area contributed by atoms with Crippen LogP contribution >= 0.6 is 11.6 Å². The molecule has 0 atom stereocenters. The monoisotopic (exact) mass is 424 g/mol. The SMILES string of the molecule is CCOc1cc(/C=N/NC(=O)c2ccc(O)cc2)ccc1OCc1cccc(Cl)c1. The first-order valence-corrected chi connectivity index (χ1v) is 9.69. The van der Waals surface area contributed by atoms with Gasteiger partial charge < -0.3 is 14.6 Å². The van der Waals surface area contributed by atoms with Crippen LogP contribution in [0.2, 0.25) is 5.02 Å². The smallest absolute Gasteiger partial charge is 0.271 e. The van der Waals surface area contributed by atoms with Gasteiger partial charge in [0.2, 0.25) is 0 Å². The van der Waals surface area contributed by atoms with Crippen molar-refractivity contribution in [3.8, 4) is 17.2 Å². The highest BCUT2D eigenvalue weighted by molar-refractivity contribution is 6.30. The molecule has 6 nitrogen and oxygen atoms in total. The average Bonchev–Trinajstić information content (AvgIpc) is 2.74. The lowest BCUT2D eigenvalue weighted by molar-refractivity contribution is 0.0955. The Morgan fingerprint density at radius 3 is 2.60 bits per heavy atom. The number of phenols is 1. The molecule has 0 aliphatic carbocycles. The first-order chi connectivity index (χ1) is 14.5. The molecule has 0 bridgehead atoms. The Morgan fingerprint density at radius 1 is 1.07 bits per heavy atom. The van der Waals surface area contributed by atoms with Crippen LogP contribution in [0.15, 0.2) is 71.8 Å². The maximum absolute atomic E-state index is 12.1. The summed E-state index contributed by atoms with van der Waals surface area (Å²) in [5, 5.41) is 13.9. The van der Waals surface area contributed by atoms with Crippen LogP contribution in [-0.2, 0) is 6.61 Å². The van der Waals surface area contributed by atoms with Crippen molar-refractivity contribution in [1.29, 1.82) is 0 Å². The molecule has 0 saturated heterocycles. The van der Waals surface area contributed by atoms with E-state index in [1.165, 1.54) is 30.5 Å². The number of carbonyl (C=O) groups excluding carboxylic acids is 1. The molecule has 3 rings (SSSR count). The van der Waals surface area contributed by atoms with E-state index in [4.69, 9.17) is 21.1 Å². The first-order valence-electron chi connectivity index (χ1n) is 9.31. The number of ether oxygens (including phenoxy) is 2. The van der Waals surface area contributed by atoms with Gasteiger partial charge in [0.25, 0.3) is 5.91 Å². The van der Waals surface area contributed by atoms with Crippen molar-refractivity contribution in [3.05, 3.63) is 88.4 Å². The number of hydrogen-bond donors (Lipinski definition) is 2. The number of benzene rings is 3. The third kappa shape index (κ3) is 5.99. The predicted octanol–water partition coefficient (Wildman–Crippen LogP) is 4.79. The van der Waals surface area contributed by atoms with Crippen LogP contribution in [0.5, 0.6) is 17.2 Å². The summed E-state index contributed by atoms with van der Waals surface area (Å²) in [5.74, 6) is 0.893. The summed E-state index contributed by atoms with van der Waals surface area (Å²) in [5.41, 5.74) is 4.53. The minimum Gasteiger partial charge on any atom is -0.508 e. The number of halogens is 1. The summed E-state index contributed by atoms with van der Waals surface area (Å²) in [6.07, 6.45) is 1.52. The second-order valence-electron chi connectivity index (χ2n) is 6.30. The Labute approximate surface area is 179 Å². The molecular formula is C23H21ClN2O4. The van der Waals surface area contributed by atoms with Gasteiger partial charge in [0.1, 0.15) is 12.4 Å². The molecule has 0 aliphatic rings. The second-order valence-corrected chi connectivity index (χ2v) is 6.74. The quantitative estimate of drug-likeness (QED) is 0.402. The van der Waals surface area contributed by atoms with Crippen LogP contribution in [0.3, 0.4) is 0 Å². The maximum Gasteiger partial charge on any atom is 0.271 e. The van der Waals surface area contributed by atoms with E-state index in [9.17, 15) is 9.90 Å². The zero-order valence-electron chi connectivity index (χ0n) is 16.3. The van der Waals surface area contributed by atoms with Gasteiger partial charge in [-0.1, -0.05) is 23.7 Å². The van der Waals surface area contributed by atoms with Crippen molar-refractivity contribution >= 4 is 23.7 Å². The molecule has 0 aromatic heterocycles. The summed E-state index contributed by atoms with van der Waals surface area (Å²) < 4.78 is 11.6. The van der Waals surface area contributed by atoms with E-state index < -0.39 is 0 Å². The molecule has 0 aliphatic heterocycles. The van der Waals surface area contributed by atoms with E-state index in [1.807, 2.05) is 37.3 Å². The van der Waals surface area contributed by atoms with Crippen molar-refractivity contribution in [3.63, 3.8) is 0 Å². The van der Waals surface area contributed by atoms with E-state index in [2.05, 4.69) is 10.5 Å². The lowest BCUT2D eigenvalue weighted by Gasteiger charge is -2.12. The molecule has 0 heterocycles. The number of phenolic OH excluding ortho intramolecular Hbond substituents is 1. The van der Waals surface area contributed by atoms with E-state index >= 15 is 0 Å². The number of hydrogen-bond acceptors (Lipinski definition) is 5. The van der Waals surface area contributed by atoms with Gasteiger partial charge in [0.15, 0.2) is 11.5 Å². The number of amides is 1. The standard InChI is InChI=1S/C23H21ClN2O4/c1-2-29-22-13-16(14-25-26-23(28)18-7-9-20(27)10-8-18)6-11-21(22)30-15-17-4-3-5-19(24)12-17/h3-14,27H,2,15H2,1H3,(H,26,28)/b25-14+. The molecule has 0 unspecified atom stereocenters. The number of rotatable bonds is 8. The molecule has 0 fully saturated rings. The van der Waals surface area contributed by atoms with Gasteiger partial charge in [0.05, 0.1) is 12.8 Å². The molecular weight excluding hydrogens is 404 g/mol. The van der Waals surface area contributed by atoms with E-state index in [0.717, 1.165) is 11.1 Å². The zero-order chi connectivity index (χ0) is 21.3. The van der Waals surface area contributed by atoms with Crippen molar-refractivity contribution in [1.82, 2.24) is 5.43 Å². The van der Waals surface area contributed by atoms with Gasteiger partial charge in [-0.05, 0) is 72.6 Å². The van der Waals surface area contributed by atoms with Gasteiger partial charge in [-0.3, -0.25) is 4.79 Å². The summed E-state index contributed by atoms with van der Waals surface area (Å²) in [4.78, 5) is 12.1. The fourth-order valence-electron chi connectivity index (χ4n) is 2.62. The molecule has 7 heteroatoms. The summed E-state index contributed by atoms with van der Waals surface area (Å²) >= 11 is 6.01. The number of hydrazone groups is 1. The fraction of sp³-hybridized carbons (Fsp3) is 0.130. The molecule has 1 amide bonds. The van der Waals surface area contributed by atoms with Gasteiger partial charge in [-0.2, -0.15) is 5.10 Å². The van der Waals surface area contributed by atoms with E-state index in [1.54, 1.807) is 12.1 Å². The van der Waals surface area contributed by atoms with Crippen LogP contribution in [-0.4, -0.2) is 23.8 Å². The van der Waals surface area contributed by atoms with Crippen LogP contribution in [0, 0.1) is 0 Å². The van der Waals surface area contributed by atoms with Crippen LogP contribution in [0.4, 0.5) is 0 Å². The molecule has 2 N–H and O–H groups in total. The average molecular weight is 425 g/mol. The van der Waals surface area contributed by atoms with Gasteiger partial charge in [0, 0.05) is 10.6 Å².